The van der Waals surface area contributed by atoms with E-state index < -0.39 is 0 Å². The Hall–Kier alpha value is -1.12. The normalized spacial score (nSPS) is 17.8. The molecule has 0 aromatic carbocycles. The first-order valence-corrected chi connectivity index (χ1v) is 4.47. The lowest BCUT2D eigenvalue weighted by Crippen LogP contribution is -2.16. The first-order chi connectivity index (χ1) is 5.93. The van der Waals surface area contributed by atoms with Crippen LogP contribution in [0.4, 0.5) is 0 Å². The van der Waals surface area contributed by atoms with Gasteiger partial charge in [-0.05, 0) is 18.3 Å². The van der Waals surface area contributed by atoms with Gasteiger partial charge in [-0.1, -0.05) is 26.8 Å². The van der Waals surface area contributed by atoms with E-state index in [9.17, 15) is 10.1 Å². The molecule has 3 nitrogen and oxygen atoms in total. The van der Waals surface area contributed by atoms with Crippen LogP contribution in [0.3, 0.4) is 0 Å². The summed E-state index contributed by atoms with van der Waals surface area (Å²) >= 11 is 0. The Bertz CT molecular complexity index is 282. The van der Waals surface area contributed by atoms with Crippen LogP contribution in [0.2, 0.25) is 0 Å². The standard InChI is InChI=1S/C10H15NO2/c1-10(2,3)8-6-4-5-7-9(8)11(12)13/h5,7H,4,6H2,1-3H3. The Labute approximate surface area is 78.3 Å². The fourth-order valence-electron chi connectivity index (χ4n) is 1.58. The van der Waals surface area contributed by atoms with Gasteiger partial charge in [0.2, 0.25) is 0 Å². The van der Waals surface area contributed by atoms with Crippen molar-refractivity contribution in [1.82, 2.24) is 0 Å². The molecular formula is C10H15NO2. The number of hydrogen-bond acceptors (Lipinski definition) is 2. The fraction of sp³-hybridized carbons (Fsp3) is 0.600. The third-order valence-electron chi connectivity index (χ3n) is 2.25. The van der Waals surface area contributed by atoms with Gasteiger partial charge in [-0.2, -0.15) is 0 Å². The average molecular weight is 181 g/mol. The van der Waals surface area contributed by atoms with E-state index in [1.807, 2.05) is 26.8 Å². The highest BCUT2D eigenvalue weighted by atomic mass is 16.6. The first-order valence-electron chi connectivity index (χ1n) is 4.47. The zero-order chi connectivity index (χ0) is 10.1. The van der Waals surface area contributed by atoms with Crippen molar-refractivity contribution in [3.63, 3.8) is 0 Å². The minimum absolute atomic E-state index is 0.0901. The van der Waals surface area contributed by atoms with E-state index >= 15 is 0 Å². The minimum atomic E-state index is -0.282. The van der Waals surface area contributed by atoms with Crippen LogP contribution in [0.5, 0.6) is 0 Å². The molecule has 0 spiro atoms. The summed E-state index contributed by atoms with van der Waals surface area (Å²) < 4.78 is 0. The van der Waals surface area contributed by atoms with Gasteiger partial charge in [-0.25, -0.2) is 0 Å². The summed E-state index contributed by atoms with van der Waals surface area (Å²) in [5.74, 6) is 0. The van der Waals surface area contributed by atoms with Gasteiger partial charge in [0.1, 0.15) is 0 Å². The Balaban J connectivity index is 3.13. The minimum Gasteiger partial charge on any atom is -0.258 e. The van der Waals surface area contributed by atoms with E-state index in [1.165, 1.54) is 0 Å². The third-order valence-corrected chi connectivity index (χ3v) is 2.25. The molecule has 72 valence electrons. The predicted molar refractivity (Wildman–Crippen MR) is 51.8 cm³/mol. The molecule has 0 aromatic rings. The third kappa shape index (κ3) is 2.17. The molecule has 0 aromatic heterocycles. The van der Waals surface area contributed by atoms with Gasteiger partial charge in [-0.15, -0.1) is 0 Å². The van der Waals surface area contributed by atoms with Crippen LogP contribution in [-0.2, 0) is 0 Å². The largest absolute Gasteiger partial charge is 0.268 e. The Morgan fingerprint density at radius 1 is 1.46 bits per heavy atom. The first kappa shape index (κ1) is 9.96. The summed E-state index contributed by atoms with van der Waals surface area (Å²) in [7, 11) is 0. The molecule has 0 atom stereocenters. The van der Waals surface area contributed by atoms with Crippen molar-refractivity contribution < 1.29 is 4.92 Å². The zero-order valence-electron chi connectivity index (χ0n) is 8.33. The maximum Gasteiger partial charge on any atom is 0.268 e. The van der Waals surface area contributed by atoms with E-state index in [4.69, 9.17) is 0 Å². The SMILES string of the molecule is CC(C)(C)C1=C([N+](=O)[O-])C=CCC1. The van der Waals surface area contributed by atoms with Gasteiger partial charge < -0.3 is 0 Å². The summed E-state index contributed by atoms with van der Waals surface area (Å²) in [6, 6.07) is 0. The van der Waals surface area contributed by atoms with Crippen LogP contribution in [0.15, 0.2) is 23.4 Å². The molecule has 0 amide bonds. The van der Waals surface area contributed by atoms with Crippen LogP contribution in [0.1, 0.15) is 33.6 Å². The quantitative estimate of drug-likeness (QED) is 0.461. The monoisotopic (exact) mass is 181 g/mol. The van der Waals surface area contributed by atoms with Crippen molar-refractivity contribution in [1.29, 1.82) is 0 Å². The fourth-order valence-corrected chi connectivity index (χ4v) is 1.58. The summed E-state index contributed by atoms with van der Waals surface area (Å²) in [4.78, 5) is 10.4. The van der Waals surface area contributed by atoms with Crippen LogP contribution < -0.4 is 0 Å². The molecular weight excluding hydrogens is 166 g/mol. The highest BCUT2D eigenvalue weighted by Gasteiger charge is 2.27. The van der Waals surface area contributed by atoms with E-state index in [0.717, 1.165) is 18.4 Å². The van der Waals surface area contributed by atoms with Crippen molar-refractivity contribution in [3.8, 4) is 0 Å². The second kappa shape index (κ2) is 3.32. The Kier molecular flexibility index (Phi) is 2.55. The second-order valence-electron chi connectivity index (χ2n) is 4.31. The molecule has 0 N–H and O–H groups in total. The molecule has 1 rings (SSSR count). The van der Waals surface area contributed by atoms with Crippen LogP contribution in [0.25, 0.3) is 0 Å². The number of allylic oxidation sites excluding steroid dienone is 3. The maximum absolute atomic E-state index is 10.7. The predicted octanol–water partition coefficient (Wildman–Crippen LogP) is 2.91. The lowest BCUT2D eigenvalue weighted by Gasteiger charge is -2.23. The van der Waals surface area contributed by atoms with Crippen molar-refractivity contribution in [2.75, 3.05) is 0 Å². The number of hydrogen-bond donors (Lipinski definition) is 0. The highest BCUT2D eigenvalue weighted by Crippen LogP contribution is 2.34. The molecule has 0 aliphatic heterocycles. The van der Waals surface area contributed by atoms with Gasteiger partial charge >= 0.3 is 0 Å². The summed E-state index contributed by atoms with van der Waals surface area (Å²) in [6.07, 6.45) is 5.23. The van der Waals surface area contributed by atoms with Gasteiger partial charge in [-0.3, -0.25) is 10.1 Å². The zero-order valence-corrected chi connectivity index (χ0v) is 8.33. The van der Waals surface area contributed by atoms with E-state index in [0.29, 0.717) is 5.70 Å². The lowest BCUT2D eigenvalue weighted by molar-refractivity contribution is -0.421. The molecule has 0 saturated heterocycles. The average Bonchev–Trinajstić information content (AvgIpc) is 2.03. The lowest BCUT2D eigenvalue weighted by atomic mass is 9.81. The number of rotatable bonds is 1. The molecule has 0 heterocycles. The van der Waals surface area contributed by atoms with Crippen LogP contribution in [0, 0.1) is 15.5 Å². The van der Waals surface area contributed by atoms with Gasteiger partial charge in [0, 0.05) is 11.6 Å². The number of nitrogens with zero attached hydrogens (tertiary/aromatic N) is 1. The molecule has 0 bridgehead atoms. The van der Waals surface area contributed by atoms with E-state index in [2.05, 4.69) is 0 Å². The molecule has 0 saturated carbocycles. The van der Waals surface area contributed by atoms with E-state index in [-0.39, 0.29) is 10.3 Å². The molecule has 0 radical (unpaired) electrons. The molecule has 13 heavy (non-hydrogen) atoms. The van der Waals surface area contributed by atoms with E-state index in [1.54, 1.807) is 6.08 Å². The molecule has 3 heteroatoms. The van der Waals surface area contributed by atoms with Gasteiger partial charge in [0.05, 0.1) is 4.92 Å². The Morgan fingerprint density at radius 2 is 2.08 bits per heavy atom. The summed E-state index contributed by atoms with van der Waals surface area (Å²) in [5.41, 5.74) is 1.16. The van der Waals surface area contributed by atoms with Gasteiger partial charge in [0.15, 0.2) is 0 Å². The topological polar surface area (TPSA) is 43.1 Å². The number of nitro groups is 1. The second-order valence-corrected chi connectivity index (χ2v) is 4.31. The van der Waals surface area contributed by atoms with Crippen molar-refractivity contribution in [3.05, 3.63) is 33.5 Å². The maximum atomic E-state index is 10.7. The summed E-state index contributed by atoms with van der Waals surface area (Å²) in [6.45, 7) is 6.06. The molecule has 1 aliphatic carbocycles. The van der Waals surface area contributed by atoms with Crippen molar-refractivity contribution in [2.45, 2.75) is 33.6 Å². The summed E-state index contributed by atoms with van der Waals surface area (Å²) in [5, 5.41) is 10.7. The smallest absolute Gasteiger partial charge is 0.258 e. The Morgan fingerprint density at radius 3 is 2.46 bits per heavy atom. The highest BCUT2D eigenvalue weighted by molar-refractivity contribution is 5.27. The molecule has 1 aliphatic rings. The van der Waals surface area contributed by atoms with Gasteiger partial charge in [0.25, 0.3) is 5.70 Å². The van der Waals surface area contributed by atoms with Crippen LogP contribution >= 0.6 is 0 Å². The van der Waals surface area contributed by atoms with Crippen molar-refractivity contribution >= 4 is 0 Å². The molecule has 0 unspecified atom stereocenters. The molecule has 0 fully saturated rings. The van der Waals surface area contributed by atoms with Crippen molar-refractivity contribution in [2.24, 2.45) is 5.41 Å². The van der Waals surface area contributed by atoms with Crippen LogP contribution in [-0.4, -0.2) is 4.92 Å².